The Morgan fingerprint density at radius 2 is 1.81 bits per heavy atom. The van der Waals surface area contributed by atoms with Gasteiger partial charge in [-0.3, -0.25) is 0 Å². The molecule has 112 valence electrons. The lowest BCUT2D eigenvalue weighted by molar-refractivity contribution is 0.408. The van der Waals surface area contributed by atoms with Crippen LogP contribution in [-0.4, -0.2) is 20.2 Å². The second-order valence-corrected chi connectivity index (χ2v) is 5.29. The summed E-state index contributed by atoms with van der Waals surface area (Å²) in [6, 6.07) is 14.2. The fraction of sp³-hybridized carbons (Fsp3) is 0.294. The van der Waals surface area contributed by atoms with Crippen molar-refractivity contribution in [3.63, 3.8) is 0 Å². The van der Waals surface area contributed by atoms with Crippen molar-refractivity contribution in [3.05, 3.63) is 48.0 Å². The maximum absolute atomic E-state index is 5.89. The van der Waals surface area contributed by atoms with Gasteiger partial charge in [0.2, 0.25) is 0 Å². The molecule has 0 heterocycles. The van der Waals surface area contributed by atoms with Gasteiger partial charge in [0, 0.05) is 18.8 Å². The summed E-state index contributed by atoms with van der Waals surface area (Å²) in [5.74, 6) is 0.926. The molecule has 0 fully saturated rings. The average molecular weight is 285 g/mol. The van der Waals surface area contributed by atoms with Crippen molar-refractivity contribution >= 4 is 17.1 Å². The van der Waals surface area contributed by atoms with Gasteiger partial charge < -0.3 is 21.1 Å². The summed E-state index contributed by atoms with van der Waals surface area (Å²) >= 11 is 0. The Balaban J connectivity index is 2.15. The molecule has 2 aromatic carbocycles. The number of likely N-dealkylation sites (N-methyl/N-ethyl adjacent to an activating group) is 1. The van der Waals surface area contributed by atoms with E-state index in [1.54, 1.807) is 7.11 Å². The van der Waals surface area contributed by atoms with Crippen LogP contribution in [0, 0.1) is 0 Å². The van der Waals surface area contributed by atoms with Gasteiger partial charge in [-0.15, -0.1) is 0 Å². The summed E-state index contributed by atoms with van der Waals surface area (Å²) in [5, 5.41) is 0. The predicted octanol–water partition coefficient (Wildman–Crippen LogP) is 2.93. The van der Waals surface area contributed by atoms with E-state index in [1.807, 2.05) is 36.4 Å². The number of benzene rings is 2. The minimum Gasteiger partial charge on any atom is -0.496 e. The third-order valence-electron chi connectivity index (χ3n) is 3.85. The summed E-state index contributed by atoms with van der Waals surface area (Å²) < 4.78 is 5.41. The minimum absolute atomic E-state index is 0.310. The molecule has 0 aromatic heterocycles. The zero-order chi connectivity index (χ0) is 15.4. The van der Waals surface area contributed by atoms with Gasteiger partial charge in [0.25, 0.3) is 0 Å². The summed E-state index contributed by atoms with van der Waals surface area (Å²) in [6.45, 7) is 2.18. The molecule has 4 N–H and O–H groups in total. The Morgan fingerprint density at radius 1 is 1.10 bits per heavy atom. The molecule has 1 atom stereocenters. The predicted molar refractivity (Wildman–Crippen MR) is 89.8 cm³/mol. The Bertz CT molecular complexity index is 613. The van der Waals surface area contributed by atoms with Gasteiger partial charge in [-0.2, -0.15) is 0 Å². The van der Waals surface area contributed by atoms with Crippen LogP contribution in [0.25, 0.3) is 0 Å². The fourth-order valence-electron chi connectivity index (χ4n) is 2.36. The monoisotopic (exact) mass is 285 g/mol. The molecule has 4 heteroatoms. The number of para-hydroxylation sites is 1. The lowest BCUT2D eigenvalue weighted by Gasteiger charge is -2.28. The number of nitrogens with zero attached hydrogens (tertiary/aromatic N) is 1. The van der Waals surface area contributed by atoms with Crippen molar-refractivity contribution in [1.29, 1.82) is 0 Å². The van der Waals surface area contributed by atoms with E-state index >= 15 is 0 Å². The van der Waals surface area contributed by atoms with E-state index in [0.29, 0.717) is 17.4 Å². The van der Waals surface area contributed by atoms with Crippen molar-refractivity contribution in [1.82, 2.24) is 0 Å². The van der Waals surface area contributed by atoms with Crippen molar-refractivity contribution in [3.8, 4) is 5.75 Å². The zero-order valence-electron chi connectivity index (χ0n) is 12.8. The summed E-state index contributed by atoms with van der Waals surface area (Å²) in [4.78, 5) is 2.20. The first kappa shape index (κ1) is 15.0. The van der Waals surface area contributed by atoms with Gasteiger partial charge in [0.15, 0.2) is 0 Å². The molecular weight excluding hydrogens is 262 g/mol. The molecule has 0 bridgehead atoms. The highest BCUT2D eigenvalue weighted by molar-refractivity contribution is 5.69. The molecule has 0 aliphatic carbocycles. The quantitative estimate of drug-likeness (QED) is 0.829. The van der Waals surface area contributed by atoms with E-state index in [2.05, 4.69) is 24.9 Å². The Labute approximate surface area is 126 Å². The van der Waals surface area contributed by atoms with Crippen molar-refractivity contribution in [2.24, 2.45) is 0 Å². The van der Waals surface area contributed by atoms with E-state index in [0.717, 1.165) is 17.9 Å². The van der Waals surface area contributed by atoms with Crippen molar-refractivity contribution < 1.29 is 4.74 Å². The van der Waals surface area contributed by atoms with Crippen molar-refractivity contribution in [2.75, 3.05) is 30.5 Å². The third kappa shape index (κ3) is 3.40. The largest absolute Gasteiger partial charge is 0.496 e. The first-order chi connectivity index (χ1) is 10.0. The number of hydrogen-bond acceptors (Lipinski definition) is 4. The number of nitrogens with two attached hydrogens (primary N) is 2. The van der Waals surface area contributed by atoms with E-state index in [4.69, 9.17) is 16.2 Å². The average Bonchev–Trinajstić information content (AvgIpc) is 2.49. The number of nitrogen functional groups attached to an aromatic ring is 2. The third-order valence-corrected chi connectivity index (χ3v) is 3.85. The molecule has 2 rings (SSSR count). The van der Waals surface area contributed by atoms with Crippen LogP contribution in [-0.2, 0) is 6.42 Å². The van der Waals surface area contributed by atoms with E-state index in [9.17, 15) is 0 Å². The summed E-state index contributed by atoms with van der Waals surface area (Å²) in [5.41, 5.74) is 15.1. The van der Waals surface area contributed by atoms with E-state index in [-0.39, 0.29) is 0 Å². The summed E-state index contributed by atoms with van der Waals surface area (Å²) in [6.07, 6.45) is 0.894. The lowest BCUT2D eigenvalue weighted by atomic mass is 10.0. The topological polar surface area (TPSA) is 64.5 Å². The lowest BCUT2D eigenvalue weighted by Crippen LogP contribution is -2.30. The van der Waals surface area contributed by atoms with Crippen LogP contribution in [0.4, 0.5) is 17.1 Å². The Kier molecular flexibility index (Phi) is 4.58. The molecule has 0 radical (unpaired) electrons. The van der Waals surface area contributed by atoms with Crippen LogP contribution in [0.5, 0.6) is 5.75 Å². The van der Waals surface area contributed by atoms with E-state index in [1.165, 1.54) is 5.56 Å². The highest BCUT2D eigenvalue weighted by Gasteiger charge is 2.14. The SMILES string of the molecule is COc1ccccc1CC(C)N(C)c1ccc(N)c(N)c1. The molecule has 2 aromatic rings. The maximum Gasteiger partial charge on any atom is 0.122 e. The van der Waals surface area contributed by atoms with Gasteiger partial charge >= 0.3 is 0 Å². The van der Waals surface area contributed by atoms with Gasteiger partial charge in [0.1, 0.15) is 5.75 Å². The van der Waals surface area contributed by atoms with Gasteiger partial charge in [-0.1, -0.05) is 18.2 Å². The first-order valence-electron chi connectivity index (χ1n) is 7.02. The van der Waals surface area contributed by atoms with Gasteiger partial charge in [0.05, 0.1) is 18.5 Å². The van der Waals surface area contributed by atoms with E-state index < -0.39 is 0 Å². The van der Waals surface area contributed by atoms with Crippen LogP contribution >= 0.6 is 0 Å². The molecule has 0 spiro atoms. The standard InChI is InChI=1S/C17H23N3O/c1-12(10-13-6-4-5-7-17(13)21-3)20(2)14-8-9-15(18)16(19)11-14/h4-9,11-12H,10,18-19H2,1-3H3. The molecule has 21 heavy (non-hydrogen) atoms. The highest BCUT2D eigenvalue weighted by Crippen LogP contribution is 2.26. The van der Waals surface area contributed by atoms with Crippen LogP contribution in [0.1, 0.15) is 12.5 Å². The first-order valence-corrected chi connectivity index (χ1v) is 7.02. The molecule has 0 aliphatic rings. The Morgan fingerprint density at radius 3 is 2.48 bits per heavy atom. The van der Waals surface area contributed by atoms with Crippen LogP contribution in [0.15, 0.2) is 42.5 Å². The molecular formula is C17H23N3O. The molecule has 0 saturated carbocycles. The number of anilines is 3. The molecule has 1 unspecified atom stereocenters. The van der Waals surface area contributed by atoms with Gasteiger partial charge in [-0.05, 0) is 43.2 Å². The zero-order valence-corrected chi connectivity index (χ0v) is 12.8. The number of methoxy groups -OCH3 is 1. The summed E-state index contributed by atoms with van der Waals surface area (Å²) in [7, 11) is 3.76. The highest BCUT2D eigenvalue weighted by atomic mass is 16.5. The van der Waals surface area contributed by atoms with Crippen LogP contribution in [0.2, 0.25) is 0 Å². The smallest absolute Gasteiger partial charge is 0.122 e. The number of hydrogen-bond donors (Lipinski definition) is 2. The fourth-order valence-corrected chi connectivity index (χ4v) is 2.36. The van der Waals surface area contributed by atoms with Crippen molar-refractivity contribution in [2.45, 2.75) is 19.4 Å². The number of rotatable bonds is 5. The normalized spacial score (nSPS) is 12.0. The molecule has 0 amide bonds. The van der Waals surface area contributed by atoms with Crippen LogP contribution < -0.4 is 21.1 Å². The second-order valence-electron chi connectivity index (χ2n) is 5.29. The molecule has 0 saturated heterocycles. The maximum atomic E-state index is 5.89. The molecule has 4 nitrogen and oxygen atoms in total. The second kappa shape index (κ2) is 6.39. The van der Waals surface area contributed by atoms with Gasteiger partial charge in [-0.25, -0.2) is 0 Å². The Hall–Kier alpha value is -2.36. The minimum atomic E-state index is 0.310. The molecule has 0 aliphatic heterocycles. The number of ether oxygens (including phenoxy) is 1. The van der Waals surface area contributed by atoms with Crippen LogP contribution in [0.3, 0.4) is 0 Å².